The first kappa shape index (κ1) is 13.3. The molecule has 4 nitrogen and oxygen atoms in total. The van der Waals surface area contributed by atoms with Gasteiger partial charge in [-0.15, -0.1) is 0 Å². The molecule has 1 aromatic rings. The fourth-order valence-corrected chi connectivity index (χ4v) is 2.16. The summed E-state index contributed by atoms with van der Waals surface area (Å²) < 4.78 is 16.6. The molecule has 1 fully saturated rings. The molecule has 0 radical (unpaired) electrons. The van der Waals surface area contributed by atoms with Gasteiger partial charge in [0.25, 0.3) is 0 Å². The zero-order chi connectivity index (χ0) is 12.8. The normalized spacial score (nSPS) is 20.9. The number of hydrogen-bond donors (Lipinski definition) is 1. The minimum atomic E-state index is 0.141. The molecule has 0 saturated carbocycles. The molecule has 0 amide bonds. The highest BCUT2D eigenvalue weighted by Crippen LogP contribution is 2.25. The quantitative estimate of drug-likeness (QED) is 0.836. The summed E-state index contributed by atoms with van der Waals surface area (Å²) in [5, 5.41) is 3.27. The molecule has 1 N–H and O–H groups in total. The number of hydrogen-bond acceptors (Lipinski definition) is 4. The van der Waals surface area contributed by atoms with E-state index >= 15 is 0 Å². The van der Waals surface area contributed by atoms with Gasteiger partial charge in [-0.2, -0.15) is 0 Å². The third kappa shape index (κ3) is 3.22. The van der Waals surface area contributed by atoms with Crippen molar-refractivity contribution in [2.24, 2.45) is 0 Å². The molecule has 100 valence electrons. The number of methoxy groups -OCH3 is 1. The third-order valence-corrected chi connectivity index (χ3v) is 3.25. The van der Waals surface area contributed by atoms with Crippen LogP contribution in [0.5, 0.6) is 5.75 Å². The van der Waals surface area contributed by atoms with Crippen molar-refractivity contribution in [3.63, 3.8) is 0 Å². The Morgan fingerprint density at radius 3 is 2.94 bits per heavy atom. The lowest BCUT2D eigenvalue weighted by molar-refractivity contribution is 0.0305. The number of ether oxygens (including phenoxy) is 3. The van der Waals surface area contributed by atoms with E-state index in [1.165, 1.54) is 0 Å². The van der Waals surface area contributed by atoms with Crippen molar-refractivity contribution in [3.8, 4) is 5.75 Å². The van der Waals surface area contributed by atoms with Crippen LogP contribution < -0.4 is 10.1 Å². The van der Waals surface area contributed by atoms with Gasteiger partial charge in [-0.05, 0) is 19.5 Å². The van der Waals surface area contributed by atoms with Crippen LogP contribution in [0.15, 0.2) is 24.3 Å². The molecule has 2 unspecified atom stereocenters. The smallest absolute Gasteiger partial charge is 0.123 e. The average Bonchev–Trinajstić information content (AvgIpc) is 2.93. The maximum absolute atomic E-state index is 5.87. The fourth-order valence-electron chi connectivity index (χ4n) is 2.16. The Labute approximate surface area is 108 Å². The summed E-state index contributed by atoms with van der Waals surface area (Å²) in [5.74, 6) is 0.892. The molecule has 4 heteroatoms. The first-order valence-electron chi connectivity index (χ1n) is 6.34. The molecule has 1 aromatic carbocycles. The van der Waals surface area contributed by atoms with Crippen LogP contribution in [0.1, 0.15) is 18.0 Å². The minimum Gasteiger partial charge on any atom is -0.496 e. The summed E-state index contributed by atoms with van der Waals surface area (Å²) in [5.41, 5.74) is 1.13. The van der Waals surface area contributed by atoms with Crippen LogP contribution in [0.25, 0.3) is 0 Å². The first-order chi connectivity index (χ1) is 8.85. The summed E-state index contributed by atoms with van der Waals surface area (Å²) in [6, 6.07) is 8.16. The average molecular weight is 251 g/mol. The molecule has 18 heavy (non-hydrogen) atoms. The Bertz CT molecular complexity index is 364. The number of rotatable bonds is 6. The Morgan fingerprint density at radius 2 is 2.28 bits per heavy atom. The van der Waals surface area contributed by atoms with Crippen LogP contribution in [0, 0.1) is 0 Å². The lowest BCUT2D eigenvalue weighted by Crippen LogP contribution is -2.25. The van der Waals surface area contributed by atoms with Crippen LogP contribution in [-0.4, -0.2) is 40.1 Å². The predicted octanol–water partition coefficient (Wildman–Crippen LogP) is 1.76. The van der Waals surface area contributed by atoms with Crippen LogP contribution in [0.3, 0.4) is 0 Å². The molecular weight excluding hydrogens is 230 g/mol. The maximum Gasteiger partial charge on any atom is 0.123 e. The Morgan fingerprint density at radius 1 is 1.44 bits per heavy atom. The van der Waals surface area contributed by atoms with Gasteiger partial charge in [0.15, 0.2) is 0 Å². The minimum absolute atomic E-state index is 0.141. The van der Waals surface area contributed by atoms with Gasteiger partial charge in [-0.3, -0.25) is 0 Å². The number of nitrogens with one attached hydrogen (secondary N) is 1. The second kappa shape index (κ2) is 6.73. The molecule has 2 rings (SSSR count). The van der Waals surface area contributed by atoms with Crippen LogP contribution in [0.4, 0.5) is 0 Å². The van der Waals surface area contributed by atoms with Crippen LogP contribution >= 0.6 is 0 Å². The maximum atomic E-state index is 5.87. The van der Waals surface area contributed by atoms with Crippen LogP contribution in [0.2, 0.25) is 0 Å². The van der Waals surface area contributed by atoms with Gasteiger partial charge in [-0.1, -0.05) is 18.2 Å². The molecule has 1 saturated heterocycles. The van der Waals surface area contributed by atoms with E-state index < -0.39 is 0 Å². The second-order valence-corrected chi connectivity index (χ2v) is 4.40. The largest absolute Gasteiger partial charge is 0.496 e. The molecule has 1 aliphatic rings. The van der Waals surface area contributed by atoms with Crippen molar-refractivity contribution >= 4 is 0 Å². The fraction of sp³-hybridized carbons (Fsp3) is 0.571. The monoisotopic (exact) mass is 251 g/mol. The summed E-state index contributed by atoms with van der Waals surface area (Å²) in [4.78, 5) is 0. The van der Waals surface area contributed by atoms with E-state index in [-0.39, 0.29) is 12.1 Å². The van der Waals surface area contributed by atoms with Crippen LogP contribution in [-0.2, 0) is 9.47 Å². The Hall–Kier alpha value is -1.10. The van der Waals surface area contributed by atoms with Gasteiger partial charge in [0, 0.05) is 12.2 Å². The molecular formula is C14H21NO3. The molecule has 0 spiro atoms. The van der Waals surface area contributed by atoms with Crippen molar-refractivity contribution in [2.75, 3.05) is 34.0 Å². The number of likely N-dealkylation sites (N-methyl/N-ethyl adjacent to an activating group) is 1. The van der Waals surface area contributed by atoms with Gasteiger partial charge >= 0.3 is 0 Å². The van der Waals surface area contributed by atoms with E-state index in [0.717, 1.165) is 24.3 Å². The highest BCUT2D eigenvalue weighted by Gasteiger charge is 2.20. The lowest BCUT2D eigenvalue weighted by atomic mass is 10.1. The van der Waals surface area contributed by atoms with E-state index in [2.05, 4.69) is 11.4 Å². The van der Waals surface area contributed by atoms with Crippen molar-refractivity contribution in [1.82, 2.24) is 5.32 Å². The molecule has 2 atom stereocenters. The third-order valence-electron chi connectivity index (χ3n) is 3.25. The summed E-state index contributed by atoms with van der Waals surface area (Å²) in [7, 11) is 3.63. The highest BCUT2D eigenvalue weighted by atomic mass is 16.5. The topological polar surface area (TPSA) is 39.7 Å². The van der Waals surface area contributed by atoms with Gasteiger partial charge in [0.1, 0.15) is 5.75 Å². The lowest BCUT2D eigenvalue weighted by Gasteiger charge is -2.21. The molecule has 0 aliphatic carbocycles. The number of benzene rings is 1. The highest BCUT2D eigenvalue weighted by molar-refractivity contribution is 5.35. The SMILES string of the molecule is CNC(COC1CCOC1)c1ccccc1OC. The summed E-state index contributed by atoms with van der Waals surface area (Å²) >= 11 is 0. The van der Waals surface area contributed by atoms with E-state index in [0.29, 0.717) is 13.2 Å². The Balaban J connectivity index is 1.98. The standard InChI is InChI=1S/C14H21NO3/c1-15-13(10-18-11-7-8-17-9-11)12-5-3-4-6-14(12)16-2/h3-6,11,13,15H,7-10H2,1-2H3. The van der Waals surface area contributed by atoms with Crippen molar-refractivity contribution in [3.05, 3.63) is 29.8 Å². The zero-order valence-corrected chi connectivity index (χ0v) is 11.0. The molecule has 1 heterocycles. The molecule has 0 aromatic heterocycles. The van der Waals surface area contributed by atoms with E-state index in [9.17, 15) is 0 Å². The van der Waals surface area contributed by atoms with Crippen molar-refractivity contribution < 1.29 is 14.2 Å². The van der Waals surface area contributed by atoms with Crippen molar-refractivity contribution in [1.29, 1.82) is 0 Å². The van der Waals surface area contributed by atoms with Gasteiger partial charge in [0.2, 0.25) is 0 Å². The first-order valence-corrected chi connectivity index (χ1v) is 6.34. The molecule has 0 bridgehead atoms. The van der Waals surface area contributed by atoms with Gasteiger partial charge in [0.05, 0.1) is 32.5 Å². The molecule has 1 aliphatic heterocycles. The summed E-state index contributed by atoms with van der Waals surface area (Å²) in [6.07, 6.45) is 1.22. The second-order valence-electron chi connectivity index (χ2n) is 4.40. The summed E-state index contributed by atoms with van der Waals surface area (Å²) in [6.45, 7) is 2.15. The number of para-hydroxylation sites is 1. The zero-order valence-electron chi connectivity index (χ0n) is 11.0. The van der Waals surface area contributed by atoms with E-state index in [1.807, 2.05) is 25.2 Å². The predicted molar refractivity (Wildman–Crippen MR) is 70.0 cm³/mol. The van der Waals surface area contributed by atoms with E-state index in [1.54, 1.807) is 7.11 Å². The van der Waals surface area contributed by atoms with E-state index in [4.69, 9.17) is 14.2 Å². The van der Waals surface area contributed by atoms with Gasteiger partial charge < -0.3 is 19.5 Å². The Kier molecular flexibility index (Phi) is 4.99. The van der Waals surface area contributed by atoms with Crippen molar-refractivity contribution in [2.45, 2.75) is 18.6 Å². The van der Waals surface area contributed by atoms with Gasteiger partial charge in [-0.25, -0.2) is 0 Å².